The van der Waals surface area contributed by atoms with Crippen LogP contribution in [0, 0.1) is 5.92 Å². The van der Waals surface area contributed by atoms with Crippen LogP contribution < -0.4 is 5.32 Å². The first-order valence-electron chi connectivity index (χ1n) is 5.21. The molecule has 0 amide bonds. The van der Waals surface area contributed by atoms with E-state index < -0.39 is 0 Å². The van der Waals surface area contributed by atoms with Gasteiger partial charge < -0.3 is 14.8 Å². The van der Waals surface area contributed by atoms with E-state index in [9.17, 15) is 4.79 Å². The number of carbonyl (C=O) groups is 1. The first-order valence-corrected chi connectivity index (χ1v) is 5.21. The molecule has 14 heavy (non-hydrogen) atoms. The van der Waals surface area contributed by atoms with Gasteiger partial charge in [-0.3, -0.25) is 4.79 Å². The number of nitrogens with one attached hydrogen (secondary N) is 1. The highest BCUT2D eigenvalue weighted by atomic mass is 16.5. The number of ether oxygens (including phenoxy) is 2. The zero-order chi connectivity index (χ0) is 10.4. The van der Waals surface area contributed by atoms with E-state index in [1.165, 1.54) is 0 Å². The third kappa shape index (κ3) is 3.04. The topological polar surface area (TPSA) is 47.6 Å². The quantitative estimate of drug-likeness (QED) is 0.667. The van der Waals surface area contributed by atoms with E-state index in [0.717, 1.165) is 6.54 Å². The van der Waals surface area contributed by atoms with Crippen LogP contribution in [0.2, 0.25) is 0 Å². The molecule has 1 saturated heterocycles. The number of hydrogen-bond acceptors (Lipinski definition) is 4. The van der Waals surface area contributed by atoms with E-state index in [-0.39, 0.29) is 24.3 Å². The maximum atomic E-state index is 11.6. The summed E-state index contributed by atoms with van der Waals surface area (Å²) in [5, 5.41) is 3.25. The maximum absolute atomic E-state index is 11.6. The minimum atomic E-state index is -0.0264. The fourth-order valence-electron chi connectivity index (χ4n) is 1.64. The summed E-state index contributed by atoms with van der Waals surface area (Å²) in [6.45, 7) is 6.76. The maximum Gasteiger partial charge on any atom is 0.165 e. The number of carbonyl (C=O) groups excluding carboxylic acids is 1. The number of Topliss-reactive ketones (excluding diaryl/α,β-unsaturated/α-hetero) is 1. The van der Waals surface area contributed by atoms with E-state index in [2.05, 4.69) is 5.32 Å². The summed E-state index contributed by atoms with van der Waals surface area (Å²) in [5.74, 6) is 0.122. The lowest BCUT2D eigenvalue weighted by Gasteiger charge is -2.16. The second kappa shape index (κ2) is 6.11. The van der Waals surface area contributed by atoms with Gasteiger partial charge in [0.1, 0.15) is 6.61 Å². The summed E-state index contributed by atoms with van der Waals surface area (Å²) >= 11 is 0. The lowest BCUT2D eigenvalue weighted by molar-refractivity contribution is -0.127. The average molecular weight is 201 g/mol. The molecule has 4 heteroatoms. The summed E-state index contributed by atoms with van der Waals surface area (Å²) in [5.41, 5.74) is 0. The summed E-state index contributed by atoms with van der Waals surface area (Å²) in [6.07, 6.45) is 0. The molecule has 0 saturated carbocycles. The first-order chi connectivity index (χ1) is 6.79. The van der Waals surface area contributed by atoms with E-state index in [0.29, 0.717) is 19.8 Å². The van der Waals surface area contributed by atoms with Gasteiger partial charge in [-0.05, 0) is 13.5 Å². The zero-order valence-electron chi connectivity index (χ0n) is 8.91. The Hall–Kier alpha value is -0.450. The van der Waals surface area contributed by atoms with Gasteiger partial charge in [0.2, 0.25) is 0 Å². The Kier molecular flexibility index (Phi) is 5.07. The van der Waals surface area contributed by atoms with Gasteiger partial charge in [-0.2, -0.15) is 0 Å². The van der Waals surface area contributed by atoms with Gasteiger partial charge in [-0.15, -0.1) is 0 Å². The molecule has 2 unspecified atom stereocenters. The summed E-state index contributed by atoms with van der Waals surface area (Å²) in [4.78, 5) is 11.6. The second-order valence-corrected chi connectivity index (χ2v) is 3.41. The van der Waals surface area contributed by atoms with Crippen molar-refractivity contribution in [3.8, 4) is 0 Å². The highest BCUT2D eigenvalue weighted by Gasteiger charge is 2.32. The normalized spacial score (nSPS) is 26.7. The van der Waals surface area contributed by atoms with Crippen LogP contribution in [0.4, 0.5) is 0 Å². The van der Waals surface area contributed by atoms with Crippen LogP contribution >= 0.6 is 0 Å². The molecule has 0 radical (unpaired) electrons. The van der Waals surface area contributed by atoms with Crippen molar-refractivity contribution in [3.63, 3.8) is 0 Å². The van der Waals surface area contributed by atoms with Gasteiger partial charge in [0.05, 0.1) is 19.1 Å². The van der Waals surface area contributed by atoms with E-state index in [4.69, 9.17) is 9.47 Å². The zero-order valence-corrected chi connectivity index (χ0v) is 8.91. The minimum absolute atomic E-state index is 0.0264. The fraction of sp³-hybridized carbons (Fsp3) is 0.900. The molecule has 4 nitrogen and oxygen atoms in total. The third-order valence-electron chi connectivity index (χ3n) is 2.41. The van der Waals surface area contributed by atoms with Gasteiger partial charge in [-0.1, -0.05) is 6.92 Å². The molecule has 1 N–H and O–H groups in total. The molecule has 0 aromatic heterocycles. The fourth-order valence-corrected chi connectivity index (χ4v) is 1.64. The Balaban J connectivity index is 2.36. The number of likely N-dealkylation sites (N-methyl/N-ethyl adjacent to an activating group) is 1. The molecule has 0 spiro atoms. The highest BCUT2D eigenvalue weighted by Crippen LogP contribution is 2.14. The number of rotatable bonds is 6. The van der Waals surface area contributed by atoms with Crippen molar-refractivity contribution >= 4 is 5.78 Å². The van der Waals surface area contributed by atoms with Crippen molar-refractivity contribution in [2.24, 2.45) is 5.92 Å². The Labute approximate surface area is 85.0 Å². The molecular formula is C10H19NO3. The summed E-state index contributed by atoms with van der Waals surface area (Å²) in [6, 6.07) is 0.174. The van der Waals surface area contributed by atoms with Crippen LogP contribution in [0.25, 0.3) is 0 Å². The monoisotopic (exact) mass is 201 g/mol. The molecule has 1 aliphatic heterocycles. The molecule has 82 valence electrons. The smallest absolute Gasteiger partial charge is 0.165 e. The molecule has 1 rings (SSSR count). The molecule has 1 aliphatic rings. The Morgan fingerprint density at radius 1 is 1.50 bits per heavy atom. The van der Waals surface area contributed by atoms with Crippen LogP contribution in [-0.4, -0.2) is 44.8 Å². The van der Waals surface area contributed by atoms with Crippen molar-refractivity contribution in [2.75, 3.05) is 33.0 Å². The Morgan fingerprint density at radius 2 is 2.29 bits per heavy atom. The molecule has 0 bridgehead atoms. The van der Waals surface area contributed by atoms with E-state index in [1.807, 2.05) is 13.8 Å². The van der Waals surface area contributed by atoms with Crippen molar-refractivity contribution in [1.29, 1.82) is 0 Å². The average Bonchev–Trinajstić information content (AvgIpc) is 2.63. The van der Waals surface area contributed by atoms with E-state index in [1.54, 1.807) is 0 Å². The first kappa shape index (κ1) is 11.6. The highest BCUT2D eigenvalue weighted by molar-refractivity contribution is 5.83. The van der Waals surface area contributed by atoms with Gasteiger partial charge in [0, 0.05) is 12.6 Å². The van der Waals surface area contributed by atoms with Crippen molar-refractivity contribution in [2.45, 2.75) is 19.9 Å². The summed E-state index contributed by atoms with van der Waals surface area (Å²) in [7, 11) is 0. The molecule has 0 aromatic rings. The standard InChI is InChI=1S/C10H19NO3/c1-3-11-9-6-14-5-8(9)10(12)7-13-4-2/h8-9,11H,3-7H2,1-2H3. The van der Waals surface area contributed by atoms with Crippen molar-refractivity contribution < 1.29 is 14.3 Å². The lowest BCUT2D eigenvalue weighted by atomic mass is 9.99. The molecule has 2 atom stereocenters. The SMILES string of the molecule is CCNC1COCC1C(=O)COCC. The minimum Gasteiger partial charge on any atom is -0.379 e. The lowest BCUT2D eigenvalue weighted by Crippen LogP contribution is -2.40. The second-order valence-electron chi connectivity index (χ2n) is 3.41. The van der Waals surface area contributed by atoms with Crippen molar-refractivity contribution in [1.82, 2.24) is 5.32 Å². The van der Waals surface area contributed by atoms with Crippen LogP contribution in [0.15, 0.2) is 0 Å². The van der Waals surface area contributed by atoms with E-state index >= 15 is 0 Å². The molecule has 0 aliphatic carbocycles. The predicted molar refractivity (Wildman–Crippen MR) is 53.3 cm³/mol. The number of ketones is 1. The van der Waals surface area contributed by atoms with Crippen LogP contribution in [0.1, 0.15) is 13.8 Å². The van der Waals surface area contributed by atoms with Gasteiger partial charge >= 0.3 is 0 Å². The van der Waals surface area contributed by atoms with Gasteiger partial charge in [0.25, 0.3) is 0 Å². The van der Waals surface area contributed by atoms with Crippen LogP contribution in [0.3, 0.4) is 0 Å². The molecule has 1 fully saturated rings. The Bertz CT molecular complexity index is 184. The van der Waals surface area contributed by atoms with Gasteiger partial charge in [-0.25, -0.2) is 0 Å². The molecule has 0 aromatic carbocycles. The van der Waals surface area contributed by atoms with Crippen LogP contribution in [0.5, 0.6) is 0 Å². The summed E-state index contributed by atoms with van der Waals surface area (Å²) < 4.78 is 10.4. The number of hydrogen-bond donors (Lipinski definition) is 1. The van der Waals surface area contributed by atoms with Crippen LogP contribution in [-0.2, 0) is 14.3 Å². The third-order valence-corrected chi connectivity index (χ3v) is 2.41. The Morgan fingerprint density at radius 3 is 2.93 bits per heavy atom. The van der Waals surface area contributed by atoms with Gasteiger partial charge in [0.15, 0.2) is 5.78 Å². The predicted octanol–water partition coefficient (Wildman–Crippen LogP) is 0.216. The largest absolute Gasteiger partial charge is 0.379 e. The molecule has 1 heterocycles. The van der Waals surface area contributed by atoms with Crippen molar-refractivity contribution in [3.05, 3.63) is 0 Å². The molecular weight excluding hydrogens is 182 g/mol.